The lowest BCUT2D eigenvalue weighted by Gasteiger charge is -2.31. The highest BCUT2D eigenvalue weighted by molar-refractivity contribution is 5.88. The number of hydrogen-bond donors (Lipinski definition) is 2. The van der Waals surface area contributed by atoms with Gasteiger partial charge in [-0.3, -0.25) is 14.6 Å². The third kappa shape index (κ3) is 4.06. The number of nitrogens with zero attached hydrogens (tertiary/aromatic N) is 1. The number of carboxylic acid groups (broad SMARTS) is 1. The fourth-order valence-electron chi connectivity index (χ4n) is 2.83. The maximum Gasteiger partial charge on any atom is 0.305 e. The summed E-state index contributed by atoms with van der Waals surface area (Å²) in [7, 11) is 0. The molecule has 0 atom stereocenters. The van der Waals surface area contributed by atoms with Crippen molar-refractivity contribution in [1.29, 1.82) is 0 Å². The smallest absolute Gasteiger partial charge is 0.305 e. The van der Waals surface area contributed by atoms with Crippen LogP contribution in [0.5, 0.6) is 0 Å². The summed E-state index contributed by atoms with van der Waals surface area (Å²) in [6.45, 7) is 3.79. The Hall–Kier alpha value is -2.43. The van der Waals surface area contributed by atoms with Crippen molar-refractivity contribution >= 4 is 22.8 Å². The summed E-state index contributed by atoms with van der Waals surface area (Å²) >= 11 is 0. The molecule has 0 aliphatic carbocycles. The largest absolute Gasteiger partial charge is 0.481 e. The van der Waals surface area contributed by atoms with Crippen molar-refractivity contribution in [3.63, 3.8) is 0 Å². The second-order valence-corrected chi connectivity index (χ2v) is 5.78. The first-order valence-corrected chi connectivity index (χ1v) is 7.85. The van der Waals surface area contributed by atoms with Gasteiger partial charge in [0, 0.05) is 17.1 Å². The van der Waals surface area contributed by atoms with Gasteiger partial charge in [-0.15, -0.1) is 0 Å². The highest BCUT2D eigenvalue weighted by Gasteiger charge is 2.30. The Kier molecular flexibility index (Phi) is 5.32. The van der Waals surface area contributed by atoms with Gasteiger partial charge in [-0.2, -0.15) is 0 Å². The molecule has 5 heteroatoms. The molecular weight excluding hydrogens is 292 g/mol. The van der Waals surface area contributed by atoms with Gasteiger partial charge in [-0.25, -0.2) is 0 Å². The average molecular weight is 314 g/mol. The molecule has 0 unspecified atom stereocenters. The quantitative estimate of drug-likeness (QED) is 0.823. The Bertz CT molecular complexity index is 703. The van der Waals surface area contributed by atoms with Crippen LogP contribution in [0.1, 0.15) is 38.7 Å². The Morgan fingerprint density at radius 1 is 1.17 bits per heavy atom. The van der Waals surface area contributed by atoms with Crippen molar-refractivity contribution in [3.8, 4) is 0 Å². The molecule has 0 saturated heterocycles. The summed E-state index contributed by atoms with van der Waals surface area (Å²) in [6, 6.07) is 9.55. The van der Waals surface area contributed by atoms with E-state index in [2.05, 4.69) is 10.3 Å². The van der Waals surface area contributed by atoms with E-state index in [0.29, 0.717) is 12.8 Å². The second kappa shape index (κ2) is 7.22. The fourth-order valence-corrected chi connectivity index (χ4v) is 2.83. The van der Waals surface area contributed by atoms with Crippen LogP contribution in [0.2, 0.25) is 0 Å². The van der Waals surface area contributed by atoms with Crippen LogP contribution in [0.25, 0.3) is 10.9 Å². The van der Waals surface area contributed by atoms with E-state index in [-0.39, 0.29) is 18.7 Å². The van der Waals surface area contributed by atoms with Crippen molar-refractivity contribution in [3.05, 3.63) is 42.1 Å². The number of fused-ring (bicyclic) bond motifs is 1. The predicted octanol–water partition coefficient (Wildman–Crippen LogP) is 2.93. The van der Waals surface area contributed by atoms with Crippen molar-refractivity contribution < 1.29 is 14.7 Å². The minimum absolute atomic E-state index is 0.0699. The van der Waals surface area contributed by atoms with E-state index in [1.54, 1.807) is 6.20 Å². The van der Waals surface area contributed by atoms with Crippen molar-refractivity contribution in [2.24, 2.45) is 0 Å². The molecule has 1 aromatic carbocycles. The SMILES string of the molecule is CCC(CC)(CC(=O)O)NC(=O)Cc1cccc2cccnc12. The van der Waals surface area contributed by atoms with E-state index in [1.807, 2.05) is 44.2 Å². The summed E-state index contributed by atoms with van der Waals surface area (Å²) < 4.78 is 0. The highest BCUT2D eigenvalue weighted by atomic mass is 16.4. The molecule has 1 heterocycles. The topological polar surface area (TPSA) is 79.3 Å². The molecule has 0 saturated carbocycles. The standard InChI is InChI=1S/C18H22N2O3/c1-3-18(4-2,12-16(22)23)20-15(21)11-14-8-5-7-13-9-6-10-19-17(13)14/h5-10H,3-4,11-12H2,1-2H3,(H,20,21)(H,22,23). The molecule has 2 rings (SSSR count). The van der Waals surface area contributed by atoms with Crippen LogP contribution < -0.4 is 5.32 Å². The second-order valence-electron chi connectivity index (χ2n) is 5.78. The van der Waals surface area contributed by atoms with Gasteiger partial charge in [0.05, 0.1) is 18.4 Å². The van der Waals surface area contributed by atoms with Crippen molar-refractivity contribution in [2.45, 2.75) is 45.1 Å². The number of carbonyl (C=O) groups excluding carboxylic acids is 1. The molecular formula is C18H22N2O3. The summed E-state index contributed by atoms with van der Waals surface area (Å²) in [5.41, 5.74) is 0.958. The van der Waals surface area contributed by atoms with Gasteiger partial charge in [0.2, 0.25) is 5.91 Å². The van der Waals surface area contributed by atoms with Gasteiger partial charge in [-0.1, -0.05) is 38.1 Å². The van der Waals surface area contributed by atoms with Gasteiger partial charge in [-0.05, 0) is 24.5 Å². The molecule has 23 heavy (non-hydrogen) atoms. The third-order valence-electron chi connectivity index (χ3n) is 4.32. The molecule has 0 radical (unpaired) electrons. The van der Waals surface area contributed by atoms with Crippen LogP contribution in [0, 0.1) is 0 Å². The van der Waals surface area contributed by atoms with E-state index >= 15 is 0 Å². The molecule has 5 nitrogen and oxygen atoms in total. The minimum Gasteiger partial charge on any atom is -0.481 e. The van der Waals surface area contributed by atoms with Gasteiger partial charge in [0.15, 0.2) is 0 Å². The molecule has 1 aromatic heterocycles. The molecule has 122 valence electrons. The molecule has 2 N–H and O–H groups in total. The molecule has 0 bridgehead atoms. The lowest BCUT2D eigenvalue weighted by Crippen LogP contribution is -2.49. The van der Waals surface area contributed by atoms with Crippen molar-refractivity contribution in [2.75, 3.05) is 0 Å². The molecule has 2 aromatic rings. The summed E-state index contributed by atoms with van der Waals surface area (Å²) in [5.74, 6) is -1.08. The number of aromatic nitrogens is 1. The van der Waals surface area contributed by atoms with Crippen LogP contribution in [0.3, 0.4) is 0 Å². The predicted molar refractivity (Wildman–Crippen MR) is 89.2 cm³/mol. The zero-order valence-corrected chi connectivity index (χ0v) is 13.5. The zero-order valence-electron chi connectivity index (χ0n) is 13.5. The third-order valence-corrected chi connectivity index (χ3v) is 4.32. The number of rotatable bonds is 7. The van der Waals surface area contributed by atoms with E-state index < -0.39 is 11.5 Å². The summed E-state index contributed by atoms with van der Waals surface area (Å²) in [4.78, 5) is 27.9. The first-order chi connectivity index (χ1) is 11.0. The normalized spacial score (nSPS) is 11.4. The molecule has 0 spiro atoms. The number of nitrogens with one attached hydrogen (secondary N) is 1. The van der Waals surface area contributed by atoms with Crippen LogP contribution in [-0.2, 0) is 16.0 Å². The Morgan fingerprint density at radius 3 is 2.52 bits per heavy atom. The van der Waals surface area contributed by atoms with Gasteiger partial charge >= 0.3 is 5.97 Å². The number of carboxylic acids is 1. The van der Waals surface area contributed by atoms with Gasteiger partial charge in [0.1, 0.15) is 0 Å². The van der Waals surface area contributed by atoms with Gasteiger partial charge in [0.25, 0.3) is 0 Å². The lowest BCUT2D eigenvalue weighted by molar-refractivity contribution is -0.139. The number of amides is 1. The molecule has 0 aliphatic rings. The highest BCUT2D eigenvalue weighted by Crippen LogP contribution is 2.21. The van der Waals surface area contributed by atoms with Crippen LogP contribution in [0.15, 0.2) is 36.5 Å². The van der Waals surface area contributed by atoms with E-state index in [4.69, 9.17) is 5.11 Å². The Labute approximate surface area is 135 Å². The maximum absolute atomic E-state index is 12.4. The molecule has 0 fully saturated rings. The monoisotopic (exact) mass is 314 g/mol. The first-order valence-electron chi connectivity index (χ1n) is 7.85. The molecule has 1 amide bonds. The minimum atomic E-state index is -0.902. The Morgan fingerprint density at radius 2 is 1.87 bits per heavy atom. The van der Waals surface area contributed by atoms with Crippen LogP contribution in [-0.4, -0.2) is 27.5 Å². The zero-order chi connectivity index (χ0) is 16.9. The molecule has 0 aliphatic heterocycles. The van der Waals surface area contributed by atoms with E-state index in [0.717, 1.165) is 16.5 Å². The number of benzene rings is 1. The lowest BCUT2D eigenvalue weighted by atomic mass is 9.88. The average Bonchev–Trinajstić information content (AvgIpc) is 2.54. The van der Waals surface area contributed by atoms with Crippen molar-refractivity contribution in [1.82, 2.24) is 10.3 Å². The number of carbonyl (C=O) groups is 2. The number of aliphatic carboxylic acids is 1. The number of hydrogen-bond acceptors (Lipinski definition) is 3. The summed E-state index contributed by atoms with van der Waals surface area (Å²) in [6.07, 6.45) is 2.98. The Balaban J connectivity index is 2.18. The van der Waals surface area contributed by atoms with E-state index in [9.17, 15) is 9.59 Å². The maximum atomic E-state index is 12.4. The summed E-state index contributed by atoms with van der Waals surface area (Å²) in [5, 5.41) is 13.0. The number of para-hydroxylation sites is 1. The number of pyridine rings is 1. The van der Waals surface area contributed by atoms with Crippen LogP contribution >= 0.6 is 0 Å². The first kappa shape index (κ1) is 16.9. The van der Waals surface area contributed by atoms with Gasteiger partial charge < -0.3 is 10.4 Å². The van der Waals surface area contributed by atoms with Crippen LogP contribution in [0.4, 0.5) is 0 Å². The van der Waals surface area contributed by atoms with E-state index in [1.165, 1.54) is 0 Å². The fraction of sp³-hybridized carbons (Fsp3) is 0.389.